The smallest absolute Gasteiger partial charge is 0.373 e. The molecule has 2 aromatic rings. The lowest BCUT2D eigenvalue weighted by atomic mass is 10.1. The van der Waals surface area contributed by atoms with E-state index in [2.05, 4.69) is 4.74 Å². The van der Waals surface area contributed by atoms with Gasteiger partial charge in [0, 0.05) is 5.39 Å². The zero-order valence-corrected chi connectivity index (χ0v) is 9.31. The summed E-state index contributed by atoms with van der Waals surface area (Å²) in [6.07, 6.45) is 0. The Morgan fingerprint density at radius 1 is 1.29 bits per heavy atom. The van der Waals surface area contributed by atoms with Gasteiger partial charge in [-0.05, 0) is 25.1 Å². The van der Waals surface area contributed by atoms with Crippen molar-refractivity contribution in [1.29, 1.82) is 0 Å². The van der Waals surface area contributed by atoms with E-state index in [1.807, 2.05) is 0 Å². The number of ketones is 1. The third-order valence-electron chi connectivity index (χ3n) is 2.40. The molecule has 5 nitrogen and oxygen atoms in total. The van der Waals surface area contributed by atoms with Crippen LogP contribution in [0.1, 0.15) is 27.8 Å². The molecule has 0 radical (unpaired) electrons. The third-order valence-corrected chi connectivity index (χ3v) is 2.40. The van der Waals surface area contributed by atoms with E-state index in [0.29, 0.717) is 11.0 Å². The van der Waals surface area contributed by atoms with Gasteiger partial charge in [-0.3, -0.25) is 4.79 Å². The first-order chi connectivity index (χ1) is 8.02. The van der Waals surface area contributed by atoms with Crippen LogP contribution in [0.25, 0.3) is 11.0 Å². The van der Waals surface area contributed by atoms with Gasteiger partial charge in [-0.25, -0.2) is 4.79 Å². The summed E-state index contributed by atoms with van der Waals surface area (Å²) in [4.78, 5) is 22.5. The van der Waals surface area contributed by atoms with Crippen LogP contribution >= 0.6 is 0 Å². The van der Waals surface area contributed by atoms with Gasteiger partial charge in [-0.1, -0.05) is 0 Å². The fourth-order valence-electron chi connectivity index (χ4n) is 1.56. The average Bonchev–Trinajstić information content (AvgIpc) is 2.69. The second-order valence-corrected chi connectivity index (χ2v) is 3.57. The van der Waals surface area contributed by atoms with Crippen molar-refractivity contribution in [3.63, 3.8) is 0 Å². The summed E-state index contributed by atoms with van der Waals surface area (Å²) in [6.45, 7) is 1.34. The number of carbonyl (C=O) groups excluding carboxylic acids is 2. The lowest BCUT2D eigenvalue weighted by Gasteiger charge is -1.99. The number of ether oxygens (including phenoxy) is 1. The molecule has 0 aliphatic rings. The molecule has 88 valence electrons. The quantitative estimate of drug-likeness (QED) is 0.636. The van der Waals surface area contributed by atoms with Crippen molar-refractivity contribution in [2.24, 2.45) is 0 Å². The summed E-state index contributed by atoms with van der Waals surface area (Å²) in [5, 5.41) is 10.1. The number of hydrogen-bond acceptors (Lipinski definition) is 5. The topological polar surface area (TPSA) is 76.7 Å². The van der Waals surface area contributed by atoms with Gasteiger partial charge >= 0.3 is 5.97 Å². The zero-order chi connectivity index (χ0) is 12.6. The first kappa shape index (κ1) is 11.2. The minimum Gasteiger partial charge on any atom is -0.507 e. The largest absolute Gasteiger partial charge is 0.507 e. The molecule has 1 aromatic carbocycles. The minimum absolute atomic E-state index is 0.0302. The van der Waals surface area contributed by atoms with Crippen LogP contribution in [0.15, 0.2) is 22.6 Å². The number of aromatic hydroxyl groups is 1. The van der Waals surface area contributed by atoms with Crippen molar-refractivity contribution >= 4 is 22.7 Å². The lowest BCUT2D eigenvalue weighted by Crippen LogP contribution is -1.97. The summed E-state index contributed by atoms with van der Waals surface area (Å²) in [7, 11) is 1.24. The molecule has 0 fully saturated rings. The molecular formula is C12H10O5. The van der Waals surface area contributed by atoms with Crippen LogP contribution in [0.5, 0.6) is 5.75 Å². The normalized spacial score (nSPS) is 10.5. The van der Waals surface area contributed by atoms with Crippen LogP contribution in [0.4, 0.5) is 0 Å². The van der Waals surface area contributed by atoms with Crippen molar-refractivity contribution in [3.05, 3.63) is 29.5 Å². The van der Waals surface area contributed by atoms with Crippen molar-refractivity contribution < 1.29 is 23.8 Å². The first-order valence-electron chi connectivity index (χ1n) is 4.88. The van der Waals surface area contributed by atoms with Gasteiger partial charge in [0.2, 0.25) is 5.76 Å². The summed E-state index contributed by atoms with van der Waals surface area (Å²) in [6, 6.07) is 4.23. The van der Waals surface area contributed by atoms with E-state index in [-0.39, 0.29) is 22.9 Å². The highest BCUT2D eigenvalue weighted by atomic mass is 16.5. The molecule has 0 unspecified atom stereocenters. The second-order valence-electron chi connectivity index (χ2n) is 3.57. The molecule has 1 heterocycles. The molecule has 0 atom stereocenters. The highest BCUT2D eigenvalue weighted by Crippen LogP contribution is 2.28. The molecular weight excluding hydrogens is 224 g/mol. The van der Waals surface area contributed by atoms with Crippen LogP contribution < -0.4 is 0 Å². The maximum atomic E-state index is 11.2. The van der Waals surface area contributed by atoms with Gasteiger partial charge in [0.05, 0.1) is 12.7 Å². The number of carbonyl (C=O) groups is 2. The molecule has 0 saturated carbocycles. The van der Waals surface area contributed by atoms with Gasteiger partial charge in [0.1, 0.15) is 11.3 Å². The maximum absolute atomic E-state index is 11.2. The van der Waals surface area contributed by atoms with E-state index >= 15 is 0 Å². The van der Waals surface area contributed by atoms with Gasteiger partial charge < -0.3 is 14.3 Å². The molecule has 5 heteroatoms. The molecule has 2 rings (SSSR count). The van der Waals surface area contributed by atoms with E-state index in [9.17, 15) is 14.7 Å². The average molecular weight is 234 g/mol. The number of rotatable bonds is 2. The second kappa shape index (κ2) is 3.93. The first-order valence-corrected chi connectivity index (χ1v) is 4.88. The number of methoxy groups -OCH3 is 1. The van der Waals surface area contributed by atoms with Gasteiger partial charge in [-0.15, -0.1) is 0 Å². The number of furan rings is 1. The number of esters is 1. The Kier molecular flexibility index (Phi) is 2.59. The van der Waals surface area contributed by atoms with E-state index in [0.717, 1.165) is 0 Å². The van der Waals surface area contributed by atoms with Crippen LogP contribution in [-0.2, 0) is 4.74 Å². The molecule has 0 aliphatic heterocycles. The van der Waals surface area contributed by atoms with E-state index < -0.39 is 5.97 Å². The monoisotopic (exact) mass is 234 g/mol. The summed E-state index contributed by atoms with van der Waals surface area (Å²) in [5.74, 6) is -0.990. The Balaban J connectivity index is 2.62. The Labute approximate surface area is 96.6 Å². The Morgan fingerprint density at radius 2 is 2.00 bits per heavy atom. The number of Topliss-reactive ketones (excluding diaryl/α,β-unsaturated/α-hetero) is 1. The maximum Gasteiger partial charge on any atom is 0.373 e. The van der Waals surface area contributed by atoms with E-state index in [1.54, 1.807) is 0 Å². The van der Waals surface area contributed by atoms with Gasteiger partial charge in [-0.2, -0.15) is 0 Å². The molecule has 0 amide bonds. The number of phenols is 1. The molecule has 0 aliphatic carbocycles. The predicted molar refractivity (Wildman–Crippen MR) is 59.2 cm³/mol. The number of benzene rings is 1. The lowest BCUT2D eigenvalue weighted by molar-refractivity contribution is 0.0567. The predicted octanol–water partition coefficient (Wildman–Crippen LogP) is 2.13. The summed E-state index contributed by atoms with van der Waals surface area (Å²) >= 11 is 0. The Bertz CT molecular complexity index is 609. The summed E-state index contributed by atoms with van der Waals surface area (Å²) in [5.41, 5.74) is 0.511. The zero-order valence-electron chi connectivity index (χ0n) is 9.31. The van der Waals surface area contributed by atoms with Gasteiger partial charge in [0.25, 0.3) is 0 Å². The fourth-order valence-corrected chi connectivity index (χ4v) is 1.56. The Hall–Kier alpha value is -2.30. The molecule has 0 spiro atoms. The number of fused-ring (bicyclic) bond motifs is 1. The highest BCUT2D eigenvalue weighted by molar-refractivity contribution is 6.01. The van der Waals surface area contributed by atoms with E-state index in [4.69, 9.17) is 4.42 Å². The van der Waals surface area contributed by atoms with Crippen LogP contribution in [0, 0.1) is 0 Å². The highest BCUT2D eigenvalue weighted by Gasteiger charge is 2.15. The molecule has 1 N–H and O–H groups in total. The number of hydrogen-bond donors (Lipinski definition) is 1. The molecule has 0 saturated heterocycles. The van der Waals surface area contributed by atoms with Crippen molar-refractivity contribution in [1.82, 2.24) is 0 Å². The van der Waals surface area contributed by atoms with E-state index in [1.165, 1.54) is 32.2 Å². The van der Waals surface area contributed by atoms with Crippen LogP contribution in [0.3, 0.4) is 0 Å². The fraction of sp³-hybridized carbons (Fsp3) is 0.167. The Morgan fingerprint density at radius 3 is 2.59 bits per heavy atom. The summed E-state index contributed by atoms with van der Waals surface area (Å²) < 4.78 is 9.74. The van der Waals surface area contributed by atoms with Gasteiger partial charge in [0.15, 0.2) is 5.78 Å². The minimum atomic E-state index is -0.606. The van der Waals surface area contributed by atoms with Crippen molar-refractivity contribution in [2.75, 3.05) is 7.11 Å². The molecule has 0 bridgehead atoms. The van der Waals surface area contributed by atoms with Crippen molar-refractivity contribution in [3.8, 4) is 5.75 Å². The molecule has 17 heavy (non-hydrogen) atoms. The molecule has 1 aromatic heterocycles. The van der Waals surface area contributed by atoms with Crippen LogP contribution in [-0.4, -0.2) is 24.0 Å². The van der Waals surface area contributed by atoms with Crippen LogP contribution in [0.2, 0.25) is 0 Å². The standard InChI is InChI=1S/C12H10O5/c1-6(13)8-5-10-7(3-9(8)14)4-11(17-10)12(15)16-2/h3-5,14H,1-2H3. The third kappa shape index (κ3) is 1.87. The van der Waals surface area contributed by atoms with Crippen molar-refractivity contribution in [2.45, 2.75) is 6.92 Å². The SMILES string of the molecule is COC(=O)c1cc2cc(O)c(C(C)=O)cc2o1. The number of phenolic OH excluding ortho intramolecular Hbond substituents is 1.